The Morgan fingerprint density at radius 2 is 1.83 bits per heavy atom. The first kappa shape index (κ1) is 21.9. The van der Waals surface area contributed by atoms with Crippen LogP contribution in [0.3, 0.4) is 0 Å². The van der Waals surface area contributed by atoms with Gasteiger partial charge in [0.25, 0.3) is 5.56 Å². The second-order valence-electron chi connectivity index (χ2n) is 6.70. The molecule has 1 heterocycles. The lowest BCUT2D eigenvalue weighted by atomic mass is 10.1. The van der Waals surface area contributed by atoms with E-state index in [2.05, 4.69) is 0 Å². The van der Waals surface area contributed by atoms with Crippen molar-refractivity contribution in [1.82, 2.24) is 9.13 Å². The summed E-state index contributed by atoms with van der Waals surface area (Å²) in [6, 6.07) is 5.50. The van der Waals surface area contributed by atoms with Crippen LogP contribution in [0.1, 0.15) is 34.8 Å². The number of anilines is 1. The maximum atomic E-state index is 12.4. The lowest BCUT2D eigenvalue weighted by Crippen LogP contribution is -2.43. The number of hydrogen-bond acceptors (Lipinski definition) is 7. The highest BCUT2D eigenvalue weighted by atomic mass is 16.6. The van der Waals surface area contributed by atoms with E-state index in [0.29, 0.717) is 12.2 Å². The molecule has 9 heteroatoms. The number of nitrogens with zero attached hydrogens (tertiary/aromatic N) is 2. The standard InChI is InChI=1S/C20H25N3O6/c1-5-8-23-18(21)17(19(26)22(4)20(23)27)14(24)10-29-16(25)11-28-15-7-6-12(2)9-13(15)3/h6-7,9H,5,8,10-11,21H2,1-4H3. The number of carbonyl (C=O) groups excluding carboxylic acids is 2. The van der Waals surface area contributed by atoms with Gasteiger partial charge in [0.05, 0.1) is 0 Å². The first-order valence-corrected chi connectivity index (χ1v) is 9.15. The van der Waals surface area contributed by atoms with Gasteiger partial charge in [0.1, 0.15) is 17.1 Å². The smallest absolute Gasteiger partial charge is 0.344 e. The van der Waals surface area contributed by atoms with Gasteiger partial charge in [-0.05, 0) is 31.9 Å². The van der Waals surface area contributed by atoms with Crippen LogP contribution in [0.2, 0.25) is 0 Å². The van der Waals surface area contributed by atoms with Gasteiger partial charge in [0.2, 0.25) is 5.78 Å². The van der Waals surface area contributed by atoms with E-state index in [4.69, 9.17) is 15.2 Å². The third-order valence-corrected chi connectivity index (χ3v) is 4.35. The van der Waals surface area contributed by atoms with Gasteiger partial charge in [0, 0.05) is 13.6 Å². The number of nitrogen functional groups attached to an aromatic ring is 1. The number of carbonyl (C=O) groups is 2. The van der Waals surface area contributed by atoms with E-state index in [-0.39, 0.29) is 24.5 Å². The molecule has 0 amide bonds. The average molecular weight is 403 g/mol. The van der Waals surface area contributed by atoms with E-state index in [1.807, 2.05) is 32.9 Å². The Bertz CT molecular complexity index is 1050. The molecular weight excluding hydrogens is 378 g/mol. The van der Waals surface area contributed by atoms with E-state index in [1.165, 1.54) is 7.05 Å². The number of aryl methyl sites for hydroxylation is 2. The Labute approximate surface area is 167 Å². The van der Waals surface area contributed by atoms with Crippen LogP contribution in [-0.2, 0) is 23.1 Å². The van der Waals surface area contributed by atoms with Crippen molar-refractivity contribution in [2.24, 2.45) is 7.05 Å². The average Bonchev–Trinajstić information content (AvgIpc) is 2.67. The third kappa shape index (κ3) is 4.92. The molecule has 1 aromatic heterocycles. The van der Waals surface area contributed by atoms with Crippen molar-refractivity contribution in [2.75, 3.05) is 18.9 Å². The number of Topliss-reactive ketones (excluding diaryl/α,β-unsaturated/α-hetero) is 1. The highest BCUT2D eigenvalue weighted by Crippen LogP contribution is 2.18. The molecule has 0 aliphatic rings. The number of rotatable bonds is 8. The zero-order valence-corrected chi connectivity index (χ0v) is 17.0. The van der Waals surface area contributed by atoms with Crippen LogP contribution in [0.15, 0.2) is 27.8 Å². The van der Waals surface area contributed by atoms with Crippen LogP contribution in [0.25, 0.3) is 0 Å². The molecule has 29 heavy (non-hydrogen) atoms. The van der Waals surface area contributed by atoms with Crippen LogP contribution in [0, 0.1) is 13.8 Å². The molecule has 0 radical (unpaired) electrons. The molecule has 0 saturated heterocycles. The largest absolute Gasteiger partial charge is 0.482 e. The predicted molar refractivity (Wildman–Crippen MR) is 107 cm³/mol. The van der Waals surface area contributed by atoms with Crippen LogP contribution < -0.4 is 21.7 Å². The fourth-order valence-corrected chi connectivity index (χ4v) is 2.84. The van der Waals surface area contributed by atoms with Gasteiger partial charge in [-0.15, -0.1) is 0 Å². The molecule has 0 unspecified atom stereocenters. The summed E-state index contributed by atoms with van der Waals surface area (Å²) in [6.45, 7) is 4.80. The van der Waals surface area contributed by atoms with Crippen molar-refractivity contribution >= 4 is 17.6 Å². The summed E-state index contributed by atoms with van der Waals surface area (Å²) in [4.78, 5) is 48.8. The van der Waals surface area contributed by atoms with Gasteiger partial charge in [0.15, 0.2) is 13.2 Å². The summed E-state index contributed by atoms with van der Waals surface area (Å²) in [5.74, 6) is -1.25. The fraction of sp³-hybridized carbons (Fsp3) is 0.400. The van der Waals surface area contributed by atoms with Crippen molar-refractivity contribution in [3.63, 3.8) is 0 Å². The first-order valence-electron chi connectivity index (χ1n) is 9.15. The van der Waals surface area contributed by atoms with Gasteiger partial charge in [-0.25, -0.2) is 9.59 Å². The molecule has 0 fully saturated rings. The third-order valence-electron chi connectivity index (χ3n) is 4.35. The summed E-state index contributed by atoms with van der Waals surface area (Å²) in [6.07, 6.45) is 0.584. The minimum absolute atomic E-state index is 0.229. The summed E-state index contributed by atoms with van der Waals surface area (Å²) in [5, 5.41) is 0. The molecule has 0 aliphatic heterocycles. The van der Waals surface area contributed by atoms with Crippen LogP contribution >= 0.6 is 0 Å². The van der Waals surface area contributed by atoms with Crippen molar-refractivity contribution in [3.05, 3.63) is 55.7 Å². The molecule has 0 saturated carbocycles. The number of nitrogens with two attached hydrogens (primary N) is 1. The lowest BCUT2D eigenvalue weighted by Gasteiger charge is -2.14. The van der Waals surface area contributed by atoms with Gasteiger partial charge in [-0.2, -0.15) is 0 Å². The Balaban J connectivity index is 2.08. The van der Waals surface area contributed by atoms with E-state index in [0.717, 1.165) is 20.3 Å². The molecule has 2 N–H and O–H groups in total. The SMILES string of the molecule is CCCn1c(N)c(C(=O)COC(=O)COc2ccc(C)cc2C)c(=O)n(C)c1=O. The second-order valence-corrected chi connectivity index (χ2v) is 6.70. The predicted octanol–water partition coefficient (Wildman–Crippen LogP) is 0.961. The minimum Gasteiger partial charge on any atom is -0.482 e. The number of hydrogen-bond donors (Lipinski definition) is 1. The molecule has 0 aliphatic carbocycles. The normalized spacial score (nSPS) is 10.6. The Kier molecular flexibility index (Phi) is 6.98. The maximum absolute atomic E-state index is 12.4. The quantitative estimate of drug-likeness (QED) is 0.514. The second kappa shape index (κ2) is 9.22. The molecule has 0 atom stereocenters. The van der Waals surface area contributed by atoms with Crippen molar-refractivity contribution < 1.29 is 19.1 Å². The van der Waals surface area contributed by atoms with Gasteiger partial charge < -0.3 is 15.2 Å². The van der Waals surface area contributed by atoms with Crippen molar-refractivity contribution in [2.45, 2.75) is 33.7 Å². The van der Waals surface area contributed by atoms with Crippen LogP contribution in [0.5, 0.6) is 5.75 Å². The Morgan fingerprint density at radius 3 is 2.45 bits per heavy atom. The van der Waals surface area contributed by atoms with Crippen LogP contribution in [-0.4, -0.2) is 34.1 Å². The monoisotopic (exact) mass is 403 g/mol. The Morgan fingerprint density at radius 1 is 1.14 bits per heavy atom. The molecule has 0 spiro atoms. The molecule has 1 aromatic carbocycles. The summed E-state index contributed by atoms with van der Waals surface area (Å²) in [7, 11) is 1.26. The van der Waals surface area contributed by atoms with E-state index in [9.17, 15) is 19.2 Å². The van der Waals surface area contributed by atoms with Crippen molar-refractivity contribution in [3.8, 4) is 5.75 Å². The van der Waals surface area contributed by atoms with E-state index in [1.54, 1.807) is 6.07 Å². The fourth-order valence-electron chi connectivity index (χ4n) is 2.84. The molecule has 2 aromatic rings. The number of esters is 1. The molecule has 2 rings (SSSR count). The number of ether oxygens (including phenoxy) is 2. The minimum atomic E-state index is -0.826. The first-order chi connectivity index (χ1) is 13.7. The highest BCUT2D eigenvalue weighted by molar-refractivity contribution is 6.01. The summed E-state index contributed by atoms with van der Waals surface area (Å²) < 4.78 is 12.3. The maximum Gasteiger partial charge on any atom is 0.344 e. The number of benzene rings is 1. The molecule has 156 valence electrons. The zero-order valence-electron chi connectivity index (χ0n) is 17.0. The molecular formula is C20H25N3O6. The number of ketones is 1. The van der Waals surface area contributed by atoms with E-state index < -0.39 is 29.6 Å². The lowest BCUT2D eigenvalue weighted by molar-refractivity contribution is -0.144. The zero-order chi connectivity index (χ0) is 21.7. The molecule has 9 nitrogen and oxygen atoms in total. The van der Waals surface area contributed by atoms with Gasteiger partial charge in [-0.3, -0.25) is 18.7 Å². The topological polar surface area (TPSA) is 123 Å². The van der Waals surface area contributed by atoms with Gasteiger partial charge in [-0.1, -0.05) is 24.6 Å². The van der Waals surface area contributed by atoms with Crippen molar-refractivity contribution in [1.29, 1.82) is 0 Å². The van der Waals surface area contributed by atoms with Gasteiger partial charge >= 0.3 is 11.7 Å². The summed E-state index contributed by atoms with van der Waals surface area (Å²) >= 11 is 0. The van der Waals surface area contributed by atoms with E-state index >= 15 is 0 Å². The summed E-state index contributed by atoms with van der Waals surface area (Å²) in [5.41, 5.74) is 6.00. The highest BCUT2D eigenvalue weighted by Gasteiger charge is 2.22. The molecule has 0 bridgehead atoms. The Hall–Kier alpha value is -3.36. The number of aromatic nitrogens is 2. The van der Waals surface area contributed by atoms with Crippen LogP contribution in [0.4, 0.5) is 5.82 Å².